The first-order valence-corrected chi connectivity index (χ1v) is 11.1. The highest BCUT2D eigenvalue weighted by molar-refractivity contribution is 7.92. The third-order valence-corrected chi connectivity index (χ3v) is 6.52. The molecule has 1 heterocycles. The summed E-state index contributed by atoms with van der Waals surface area (Å²) < 4.78 is 34.5. The van der Waals surface area contributed by atoms with Crippen LogP contribution in [0, 0.1) is 13.8 Å². The smallest absolute Gasteiger partial charge is 0.265 e. The molecular formula is C24H22N2O3S. The van der Waals surface area contributed by atoms with E-state index in [1.165, 1.54) is 4.31 Å². The Kier molecular flexibility index (Phi) is 5.42. The van der Waals surface area contributed by atoms with Gasteiger partial charge in [-0.25, -0.2) is 12.7 Å². The number of nitrogens with zero attached hydrogens (tertiary/aromatic N) is 2. The summed E-state index contributed by atoms with van der Waals surface area (Å²) in [6, 6.07) is 25.7. The fraction of sp³-hybridized carbons (Fsp3) is 0.125. The van der Waals surface area contributed by atoms with E-state index < -0.39 is 10.0 Å². The van der Waals surface area contributed by atoms with E-state index in [0.29, 0.717) is 11.7 Å². The summed E-state index contributed by atoms with van der Waals surface area (Å²) in [5.74, 6) is 1.11. The second-order valence-corrected chi connectivity index (χ2v) is 8.92. The topological polar surface area (TPSA) is 63.4 Å². The summed E-state index contributed by atoms with van der Waals surface area (Å²) in [5, 5.41) is 0. The van der Waals surface area contributed by atoms with E-state index >= 15 is 0 Å². The minimum atomic E-state index is -3.88. The quantitative estimate of drug-likeness (QED) is 0.423. The van der Waals surface area contributed by atoms with Gasteiger partial charge >= 0.3 is 0 Å². The molecule has 0 atom stereocenters. The van der Waals surface area contributed by atoms with Crippen LogP contribution in [-0.2, 0) is 16.6 Å². The van der Waals surface area contributed by atoms with Crippen molar-refractivity contribution in [2.24, 2.45) is 0 Å². The predicted octanol–water partition coefficient (Wildman–Crippen LogP) is 5.35. The van der Waals surface area contributed by atoms with Crippen LogP contribution in [-0.4, -0.2) is 13.4 Å². The molecule has 30 heavy (non-hydrogen) atoms. The highest BCUT2D eigenvalue weighted by atomic mass is 32.2. The van der Waals surface area contributed by atoms with E-state index in [-0.39, 0.29) is 17.3 Å². The zero-order chi connectivity index (χ0) is 21.1. The van der Waals surface area contributed by atoms with E-state index in [0.717, 1.165) is 16.7 Å². The molecule has 4 rings (SSSR count). The number of sulfonamides is 1. The molecule has 152 valence electrons. The first kappa shape index (κ1) is 19.9. The number of oxazole rings is 1. The molecule has 5 nitrogen and oxygen atoms in total. The van der Waals surface area contributed by atoms with Crippen molar-refractivity contribution in [1.29, 1.82) is 0 Å². The third-order valence-electron chi connectivity index (χ3n) is 4.77. The van der Waals surface area contributed by atoms with E-state index in [1.807, 2.05) is 67.6 Å². The largest absolute Gasteiger partial charge is 0.439 e. The molecule has 0 fully saturated rings. The Morgan fingerprint density at radius 2 is 1.43 bits per heavy atom. The van der Waals surface area contributed by atoms with Gasteiger partial charge in [0.05, 0.1) is 11.4 Å². The van der Waals surface area contributed by atoms with Gasteiger partial charge < -0.3 is 4.42 Å². The minimum Gasteiger partial charge on any atom is -0.439 e. The van der Waals surface area contributed by atoms with Crippen LogP contribution < -0.4 is 4.31 Å². The van der Waals surface area contributed by atoms with Gasteiger partial charge in [-0.3, -0.25) is 0 Å². The van der Waals surface area contributed by atoms with Gasteiger partial charge in [-0.1, -0.05) is 78.4 Å². The summed E-state index contributed by atoms with van der Waals surface area (Å²) in [5.41, 5.74) is 2.61. The first-order valence-electron chi connectivity index (χ1n) is 9.61. The lowest BCUT2D eigenvalue weighted by Gasteiger charge is -2.23. The Bertz CT molecular complexity index is 1230. The molecule has 0 aliphatic rings. The van der Waals surface area contributed by atoms with E-state index in [2.05, 4.69) is 4.98 Å². The Morgan fingerprint density at radius 3 is 2.07 bits per heavy atom. The van der Waals surface area contributed by atoms with Gasteiger partial charge in [-0.2, -0.15) is 4.98 Å². The van der Waals surface area contributed by atoms with Crippen molar-refractivity contribution in [1.82, 2.24) is 4.98 Å². The summed E-state index contributed by atoms with van der Waals surface area (Å²) in [6.07, 6.45) is 0. The van der Waals surface area contributed by atoms with E-state index in [4.69, 9.17) is 4.42 Å². The molecule has 0 aliphatic carbocycles. The van der Waals surface area contributed by atoms with Crippen molar-refractivity contribution in [3.05, 3.63) is 102 Å². The average molecular weight is 419 g/mol. The number of hydrogen-bond acceptors (Lipinski definition) is 4. The van der Waals surface area contributed by atoms with Crippen molar-refractivity contribution in [2.75, 3.05) is 4.31 Å². The predicted molar refractivity (Wildman–Crippen MR) is 118 cm³/mol. The molecule has 6 heteroatoms. The maximum atomic E-state index is 13.7. The van der Waals surface area contributed by atoms with Gasteiger partial charge in [-0.15, -0.1) is 0 Å². The van der Waals surface area contributed by atoms with Crippen LogP contribution in [0.15, 0.2) is 94.2 Å². The monoisotopic (exact) mass is 418 g/mol. The minimum absolute atomic E-state index is 0.142. The number of aryl methyl sites for hydroxylation is 2. The SMILES string of the molecule is Cc1ccc(S(=O)(=O)N(Cc2ccccc2)c2nc(C)oc2-c2ccccc2)cc1. The summed E-state index contributed by atoms with van der Waals surface area (Å²) >= 11 is 0. The summed E-state index contributed by atoms with van der Waals surface area (Å²) in [7, 11) is -3.88. The van der Waals surface area contributed by atoms with Crippen LogP contribution in [0.1, 0.15) is 17.0 Å². The summed E-state index contributed by atoms with van der Waals surface area (Å²) in [6.45, 7) is 3.78. The maximum absolute atomic E-state index is 13.7. The average Bonchev–Trinajstić information content (AvgIpc) is 3.15. The lowest BCUT2D eigenvalue weighted by Crippen LogP contribution is -2.31. The highest BCUT2D eigenvalue weighted by Gasteiger charge is 2.31. The zero-order valence-electron chi connectivity index (χ0n) is 16.8. The molecule has 0 unspecified atom stereocenters. The number of anilines is 1. The van der Waals surface area contributed by atoms with Crippen molar-refractivity contribution >= 4 is 15.8 Å². The molecule has 0 saturated heterocycles. The summed E-state index contributed by atoms with van der Waals surface area (Å²) in [4.78, 5) is 4.68. The molecule has 0 radical (unpaired) electrons. The van der Waals surface area contributed by atoms with Gasteiger partial charge in [0, 0.05) is 12.5 Å². The number of benzene rings is 3. The zero-order valence-corrected chi connectivity index (χ0v) is 17.6. The van der Waals surface area contributed by atoms with Crippen LogP contribution in [0.2, 0.25) is 0 Å². The second-order valence-electron chi connectivity index (χ2n) is 7.06. The van der Waals surface area contributed by atoms with Crippen molar-refractivity contribution in [3.63, 3.8) is 0 Å². The third kappa shape index (κ3) is 4.00. The molecule has 0 bridgehead atoms. The normalized spacial score (nSPS) is 11.4. The lowest BCUT2D eigenvalue weighted by molar-refractivity contribution is 0.534. The number of aromatic nitrogens is 1. The van der Waals surface area contributed by atoms with Crippen LogP contribution in [0.3, 0.4) is 0 Å². The molecule has 0 aliphatic heterocycles. The molecule has 4 aromatic rings. The van der Waals surface area contributed by atoms with Crippen molar-refractivity contribution in [2.45, 2.75) is 25.3 Å². The Labute approximate surface area is 176 Å². The Morgan fingerprint density at radius 1 is 0.833 bits per heavy atom. The second kappa shape index (κ2) is 8.16. The van der Waals surface area contributed by atoms with Gasteiger partial charge in [0.2, 0.25) is 0 Å². The molecule has 0 spiro atoms. The van der Waals surface area contributed by atoms with Crippen molar-refractivity contribution < 1.29 is 12.8 Å². The fourth-order valence-corrected chi connectivity index (χ4v) is 4.63. The van der Waals surface area contributed by atoms with Gasteiger partial charge in [0.1, 0.15) is 0 Å². The number of hydrogen-bond donors (Lipinski definition) is 0. The molecule has 3 aromatic carbocycles. The molecule has 1 aromatic heterocycles. The first-order chi connectivity index (χ1) is 14.4. The van der Waals surface area contributed by atoms with Gasteiger partial charge in [0.25, 0.3) is 10.0 Å². The number of rotatable bonds is 6. The van der Waals surface area contributed by atoms with Crippen LogP contribution in [0.4, 0.5) is 5.82 Å². The Balaban J connectivity index is 1.88. The maximum Gasteiger partial charge on any atom is 0.265 e. The Hall–Kier alpha value is -3.38. The lowest BCUT2D eigenvalue weighted by atomic mass is 10.1. The highest BCUT2D eigenvalue weighted by Crippen LogP contribution is 2.35. The molecule has 0 amide bonds. The molecule has 0 N–H and O–H groups in total. The van der Waals surface area contributed by atoms with Gasteiger partial charge in [-0.05, 0) is 24.6 Å². The van der Waals surface area contributed by atoms with Crippen LogP contribution in [0.5, 0.6) is 0 Å². The van der Waals surface area contributed by atoms with Crippen LogP contribution >= 0.6 is 0 Å². The standard InChI is InChI=1S/C24H22N2O3S/c1-18-13-15-22(16-14-18)30(27,28)26(17-20-9-5-3-6-10-20)24-23(29-19(2)25-24)21-11-7-4-8-12-21/h3-16H,17H2,1-2H3. The van der Waals surface area contributed by atoms with Crippen LogP contribution in [0.25, 0.3) is 11.3 Å². The van der Waals surface area contributed by atoms with Gasteiger partial charge in [0.15, 0.2) is 17.5 Å². The molecule has 0 saturated carbocycles. The van der Waals surface area contributed by atoms with Crippen molar-refractivity contribution in [3.8, 4) is 11.3 Å². The van der Waals surface area contributed by atoms with E-state index in [9.17, 15) is 8.42 Å². The fourth-order valence-electron chi connectivity index (χ4n) is 3.22. The van der Waals surface area contributed by atoms with E-state index in [1.54, 1.807) is 31.2 Å². The molecular weight excluding hydrogens is 396 g/mol.